The zero-order valence-corrected chi connectivity index (χ0v) is 14.2. The second-order valence-corrected chi connectivity index (χ2v) is 7.42. The van der Waals surface area contributed by atoms with Crippen molar-refractivity contribution in [2.45, 2.75) is 70.2 Å². The first-order valence-electron chi connectivity index (χ1n) is 9.27. The molecule has 24 heavy (non-hydrogen) atoms. The molecule has 0 radical (unpaired) electrons. The van der Waals surface area contributed by atoms with Gasteiger partial charge < -0.3 is 9.47 Å². The monoisotopic (exact) mass is 335 g/mol. The van der Waals surface area contributed by atoms with E-state index in [0.29, 0.717) is 25.9 Å². The SMILES string of the molecule is O=C(N1CCCn2c(CN3CCCCC3)nnc2C1)C1(F)CCC1. The lowest BCUT2D eigenvalue weighted by Gasteiger charge is -2.36. The Morgan fingerprint density at radius 3 is 2.50 bits per heavy atom. The first-order chi connectivity index (χ1) is 11.7. The maximum absolute atomic E-state index is 14.5. The number of aromatic nitrogens is 3. The minimum atomic E-state index is -1.62. The average molecular weight is 335 g/mol. The number of piperidine rings is 1. The van der Waals surface area contributed by atoms with Gasteiger partial charge in [0.15, 0.2) is 11.5 Å². The number of fused-ring (bicyclic) bond motifs is 1. The maximum Gasteiger partial charge on any atom is 0.260 e. The van der Waals surface area contributed by atoms with Gasteiger partial charge in [0.1, 0.15) is 5.82 Å². The third-order valence-corrected chi connectivity index (χ3v) is 5.68. The highest BCUT2D eigenvalue weighted by Crippen LogP contribution is 2.38. The lowest BCUT2D eigenvalue weighted by atomic mass is 9.81. The molecule has 1 aliphatic carbocycles. The van der Waals surface area contributed by atoms with Crippen LogP contribution in [0.1, 0.15) is 56.6 Å². The molecule has 4 rings (SSSR count). The Balaban J connectivity index is 1.47. The van der Waals surface area contributed by atoms with Crippen LogP contribution in [0.15, 0.2) is 0 Å². The minimum absolute atomic E-state index is 0.345. The molecule has 0 bridgehead atoms. The lowest BCUT2D eigenvalue weighted by Crippen LogP contribution is -2.50. The van der Waals surface area contributed by atoms with Crippen LogP contribution >= 0.6 is 0 Å². The number of hydrogen-bond acceptors (Lipinski definition) is 4. The van der Waals surface area contributed by atoms with E-state index >= 15 is 0 Å². The summed E-state index contributed by atoms with van der Waals surface area (Å²) in [6.07, 6.45) is 6.21. The van der Waals surface area contributed by atoms with Crippen LogP contribution in [0.4, 0.5) is 4.39 Å². The molecule has 3 heterocycles. The predicted molar refractivity (Wildman–Crippen MR) is 86.9 cm³/mol. The number of rotatable bonds is 3. The van der Waals surface area contributed by atoms with Gasteiger partial charge in [-0.15, -0.1) is 10.2 Å². The highest BCUT2D eigenvalue weighted by molar-refractivity contribution is 5.86. The number of halogens is 1. The molecule has 0 atom stereocenters. The summed E-state index contributed by atoms with van der Waals surface area (Å²) in [6.45, 7) is 4.88. The summed E-state index contributed by atoms with van der Waals surface area (Å²) < 4.78 is 16.6. The van der Waals surface area contributed by atoms with Crippen LogP contribution in [0.5, 0.6) is 0 Å². The van der Waals surface area contributed by atoms with E-state index < -0.39 is 5.67 Å². The Kier molecular flexibility index (Phi) is 4.28. The summed E-state index contributed by atoms with van der Waals surface area (Å²) in [5, 5.41) is 8.67. The molecule has 0 spiro atoms. The van der Waals surface area contributed by atoms with Crippen LogP contribution in [0.3, 0.4) is 0 Å². The van der Waals surface area contributed by atoms with Gasteiger partial charge in [-0.05, 0) is 51.6 Å². The van der Waals surface area contributed by atoms with Gasteiger partial charge in [-0.1, -0.05) is 6.42 Å². The third kappa shape index (κ3) is 2.94. The number of carbonyl (C=O) groups is 1. The molecular formula is C17H26FN5O. The highest BCUT2D eigenvalue weighted by atomic mass is 19.1. The summed E-state index contributed by atoms with van der Waals surface area (Å²) in [4.78, 5) is 16.6. The molecule has 6 nitrogen and oxygen atoms in total. The standard InChI is InChI=1S/C17H26FN5O/c18-17(6-4-7-17)16(24)22-10-5-11-23-14(19-20-15(23)13-22)12-21-8-2-1-3-9-21/h1-13H2. The van der Waals surface area contributed by atoms with Crippen molar-refractivity contribution in [2.24, 2.45) is 0 Å². The smallest absolute Gasteiger partial charge is 0.260 e. The van der Waals surface area contributed by atoms with Crippen molar-refractivity contribution in [3.63, 3.8) is 0 Å². The van der Waals surface area contributed by atoms with Crippen LogP contribution in [0.25, 0.3) is 0 Å². The quantitative estimate of drug-likeness (QED) is 0.846. The Bertz CT molecular complexity index is 606. The van der Waals surface area contributed by atoms with Crippen molar-refractivity contribution in [2.75, 3.05) is 19.6 Å². The first kappa shape index (κ1) is 16.0. The molecule has 0 aromatic carbocycles. The summed E-state index contributed by atoms with van der Waals surface area (Å²) in [6, 6.07) is 0. The summed E-state index contributed by atoms with van der Waals surface area (Å²) in [5.41, 5.74) is -1.62. The fourth-order valence-corrected chi connectivity index (χ4v) is 4.01. The van der Waals surface area contributed by atoms with Gasteiger partial charge in [0.05, 0.1) is 13.1 Å². The van der Waals surface area contributed by atoms with Gasteiger partial charge in [0.2, 0.25) is 0 Å². The van der Waals surface area contributed by atoms with E-state index in [2.05, 4.69) is 19.7 Å². The average Bonchev–Trinajstić information content (AvgIpc) is 2.81. The van der Waals surface area contributed by atoms with Crippen LogP contribution in [0.2, 0.25) is 0 Å². The van der Waals surface area contributed by atoms with Gasteiger partial charge in [0, 0.05) is 13.1 Å². The normalized spacial score (nSPS) is 24.1. The van der Waals surface area contributed by atoms with Crippen molar-refractivity contribution in [3.8, 4) is 0 Å². The number of amides is 1. The third-order valence-electron chi connectivity index (χ3n) is 5.68. The van der Waals surface area contributed by atoms with Gasteiger partial charge in [-0.3, -0.25) is 9.69 Å². The van der Waals surface area contributed by atoms with E-state index in [4.69, 9.17) is 0 Å². The molecular weight excluding hydrogens is 309 g/mol. The fourth-order valence-electron chi connectivity index (χ4n) is 4.01. The van der Waals surface area contributed by atoms with Crippen LogP contribution in [0, 0.1) is 0 Å². The predicted octanol–water partition coefficient (Wildman–Crippen LogP) is 1.89. The second kappa shape index (κ2) is 6.43. The van der Waals surface area contributed by atoms with E-state index in [1.54, 1.807) is 4.90 Å². The second-order valence-electron chi connectivity index (χ2n) is 7.42. The number of carbonyl (C=O) groups excluding carboxylic acids is 1. The number of alkyl halides is 1. The summed E-state index contributed by atoms with van der Waals surface area (Å²) in [5.74, 6) is 1.44. The van der Waals surface area contributed by atoms with Crippen molar-refractivity contribution >= 4 is 5.91 Å². The largest absolute Gasteiger partial charge is 0.332 e. The molecule has 132 valence electrons. The van der Waals surface area contributed by atoms with Crippen molar-refractivity contribution in [1.82, 2.24) is 24.6 Å². The Labute approximate surface area is 142 Å². The molecule has 1 aromatic heterocycles. The molecule has 1 saturated heterocycles. The number of hydrogen-bond donors (Lipinski definition) is 0. The molecule has 1 aromatic rings. The van der Waals surface area contributed by atoms with E-state index in [1.807, 2.05) is 0 Å². The van der Waals surface area contributed by atoms with E-state index in [1.165, 1.54) is 19.3 Å². The first-order valence-corrected chi connectivity index (χ1v) is 9.27. The summed E-state index contributed by atoms with van der Waals surface area (Å²) in [7, 11) is 0. The molecule has 3 aliphatic rings. The Morgan fingerprint density at radius 2 is 1.79 bits per heavy atom. The highest BCUT2D eigenvalue weighted by Gasteiger charge is 2.47. The molecule has 2 aliphatic heterocycles. The molecule has 0 unspecified atom stereocenters. The zero-order chi connectivity index (χ0) is 16.6. The molecule has 0 N–H and O–H groups in total. The number of nitrogens with zero attached hydrogens (tertiary/aromatic N) is 5. The van der Waals surface area contributed by atoms with Crippen molar-refractivity contribution < 1.29 is 9.18 Å². The molecule has 7 heteroatoms. The van der Waals surface area contributed by atoms with Crippen molar-refractivity contribution in [3.05, 3.63) is 11.6 Å². The maximum atomic E-state index is 14.5. The molecule has 1 amide bonds. The topological polar surface area (TPSA) is 54.3 Å². The van der Waals surface area contributed by atoms with E-state index in [0.717, 1.165) is 50.7 Å². The molecule has 1 saturated carbocycles. The zero-order valence-electron chi connectivity index (χ0n) is 14.2. The van der Waals surface area contributed by atoms with Gasteiger partial charge in [0.25, 0.3) is 5.91 Å². The van der Waals surface area contributed by atoms with Crippen LogP contribution in [-0.4, -0.2) is 55.8 Å². The fraction of sp³-hybridized carbons (Fsp3) is 0.824. The minimum Gasteiger partial charge on any atom is -0.332 e. The Hall–Kier alpha value is -1.50. The van der Waals surface area contributed by atoms with E-state index in [9.17, 15) is 9.18 Å². The molecule has 2 fully saturated rings. The van der Waals surface area contributed by atoms with Crippen molar-refractivity contribution in [1.29, 1.82) is 0 Å². The van der Waals surface area contributed by atoms with Gasteiger partial charge in [-0.2, -0.15) is 0 Å². The Morgan fingerprint density at radius 1 is 1.00 bits per heavy atom. The van der Waals surface area contributed by atoms with Crippen LogP contribution in [-0.2, 0) is 24.4 Å². The summed E-state index contributed by atoms with van der Waals surface area (Å²) >= 11 is 0. The van der Waals surface area contributed by atoms with E-state index in [-0.39, 0.29) is 5.91 Å². The van der Waals surface area contributed by atoms with Crippen LogP contribution < -0.4 is 0 Å². The van der Waals surface area contributed by atoms with Gasteiger partial charge >= 0.3 is 0 Å². The number of likely N-dealkylation sites (tertiary alicyclic amines) is 1. The van der Waals surface area contributed by atoms with Gasteiger partial charge in [-0.25, -0.2) is 4.39 Å². The lowest BCUT2D eigenvalue weighted by molar-refractivity contribution is -0.150.